The van der Waals surface area contributed by atoms with Crippen LogP contribution in [0.4, 0.5) is 0 Å². The van der Waals surface area contributed by atoms with E-state index in [0.717, 1.165) is 0 Å². The van der Waals surface area contributed by atoms with E-state index in [9.17, 15) is 4.79 Å². The van der Waals surface area contributed by atoms with Crippen LogP contribution in [0.1, 0.15) is 34.6 Å². The van der Waals surface area contributed by atoms with E-state index in [1.165, 1.54) is 7.11 Å². The van der Waals surface area contributed by atoms with Gasteiger partial charge < -0.3 is 9.16 Å². The van der Waals surface area contributed by atoms with E-state index in [1.807, 2.05) is 20.8 Å². The van der Waals surface area contributed by atoms with E-state index in [2.05, 4.69) is 38.8 Å². The number of nitrogens with one attached hydrogen (secondary N) is 1. The number of rotatable bonds is 6. The molecule has 0 saturated heterocycles. The number of methoxy groups -OCH3 is 1. The fourth-order valence-corrected chi connectivity index (χ4v) is 2.37. The van der Waals surface area contributed by atoms with Crippen molar-refractivity contribution in [2.24, 2.45) is 5.41 Å². The summed E-state index contributed by atoms with van der Waals surface area (Å²) in [5.74, 6) is -0.228. The van der Waals surface area contributed by atoms with Gasteiger partial charge in [0.05, 0.1) is 13.7 Å². The molecule has 0 saturated carbocycles. The highest BCUT2D eigenvalue weighted by molar-refractivity contribution is 6.69. The van der Waals surface area contributed by atoms with Gasteiger partial charge in [0.1, 0.15) is 6.04 Å². The van der Waals surface area contributed by atoms with Crippen molar-refractivity contribution in [3.63, 3.8) is 0 Å². The molecule has 4 nitrogen and oxygen atoms in total. The largest absolute Gasteiger partial charge is 0.468 e. The lowest BCUT2D eigenvalue weighted by Crippen LogP contribution is -2.58. The zero-order valence-corrected chi connectivity index (χ0v) is 15.0. The maximum Gasteiger partial charge on any atom is 0.323 e. The number of hydrogen-bond donors (Lipinski definition) is 1. The number of carbonyl (C=O) groups is 1. The van der Waals surface area contributed by atoms with Gasteiger partial charge in [-0.2, -0.15) is 0 Å². The topological polar surface area (TPSA) is 47.6 Å². The molecule has 19 heavy (non-hydrogen) atoms. The van der Waals surface area contributed by atoms with Gasteiger partial charge in [0, 0.05) is 5.54 Å². The van der Waals surface area contributed by atoms with Crippen LogP contribution in [0.15, 0.2) is 0 Å². The van der Waals surface area contributed by atoms with Gasteiger partial charge in [-0.1, -0.05) is 20.8 Å². The molecule has 0 bridgehead atoms. The van der Waals surface area contributed by atoms with Crippen molar-refractivity contribution >= 4 is 14.3 Å². The molecule has 0 amide bonds. The Bertz CT molecular complexity index is 303. The summed E-state index contributed by atoms with van der Waals surface area (Å²) in [6.07, 6.45) is 0. The molecule has 0 spiro atoms. The molecule has 0 fully saturated rings. The first-order chi connectivity index (χ1) is 8.28. The minimum atomic E-state index is -1.56. The Balaban J connectivity index is 4.79. The van der Waals surface area contributed by atoms with Crippen LogP contribution in [-0.2, 0) is 14.0 Å². The van der Waals surface area contributed by atoms with Crippen molar-refractivity contribution in [3.8, 4) is 0 Å². The predicted octanol–water partition coefficient (Wildman–Crippen LogP) is 2.79. The Morgan fingerprint density at radius 3 is 1.95 bits per heavy atom. The average molecular weight is 289 g/mol. The van der Waals surface area contributed by atoms with Gasteiger partial charge in [-0.3, -0.25) is 10.1 Å². The third-order valence-corrected chi connectivity index (χ3v) is 3.71. The van der Waals surface area contributed by atoms with E-state index < -0.39 is 8.32 Å². The van der Waals surface area contributed by atoms with Crippen LogP contribution in [-0.4, -0.2) is 39.6 Å². The molecular weight excluding hydrogens is 258 g/mol. The Labute approximate surface area is 119 Å². The lowest BCUT2D eigenvalue weighted by molar-refractivity contribution is -0.147. The summed E-state index contributed by atoms with van der Waals surface area (Å²) in [5, 5.41) is 3.38. The Morgan fingerprint density at radius 1 is 1.16 bits per heavy atom. The van der Waals surface area contributed by atoms with Gasteiger partial charge >= 0.3 is 5.97 Å². The van der Waals surface area contributed by atoms with E-state index in [4.69, 9.17) is 9.16 Å². The van der Waals surface area contributed by atoms with Crippen LogP contribution in [0.5, 0.6) is 0 Å². The van der Waals surface area contributed by atoms with Crippen molar-refractivity contribution in [1.29, 1.82) is 0 Å². The third-order valence-electron chi connectivity index (χ3n) is 2.70. The summed E-state index contributed by atoms with van der Waals surface area (Å²) >= 11 is 0. The Hall–Kier alpha value is -0.393. The summed E-state index contributed by atoms with van der Waals surface area (Å²) in [6, 6.07) is -0.349. The van der Waals surface area contributed by atoms with Crippen molar-refractivity contribution in [2.45, 2.75) is 65.8 Å². The maximum atomic E-state index is 11.9. The molecule has 0 rings (SSSR count). The molecule has 1 unspecified atom stereocenters. The Kier molecular flexibility index (Phi) is 6.24. The highest BCUT2D eigenvalue weighted by atomic mass is 28.4. The smallest absolute Gasteiger partial charge is 0.323 e. The van der Waals surface area contributed by atoms with E-state index >= 15 is 0 Å². The van der Waals surface area contributed by atoms with Gasteiger partial charge in [-0.15, -0.1) is 0 Å². The van der Waals surface area contributed by atoms with Crippen molar-refractivity contribution in [2.75, 3.05) is 13.7 Å². The number of hydrogen-bond acceptors (Lipinski definition) is 4. The number of carbonyl (C=O) groups excluding carboxylic acids is 1. The summed E-state index contributed by atoms with van der Waals surface area (Å²) < 4.78 is 10.8. The normalized spacial score (nSPS) is 15.2. The molecule has 0 aromatic rings. The van der Waals surface area contributed by atoms with Crippen LogP contribution in [0.3, 0.4) is 0 Å². The fraction of sp³-hybridized carbons (Fsp3) is 0.929. The second kappa shape index (κ2) is 6.37. The van der Waals surface area contributed by atoms with E-state index in [1.54, 1.807) is 0 Å². The van der Waals surface area contributed by atoms with Crippen molar-refractivity contribution in [1.82, 2.24) is 5.32 Å². The zero-order chi connectivity index (χ0) is 15.5. The van der Waals surface area contributed by atoms with Gasteiger partial charge in [0.25, 0.3) is 0 Å². The van der Waals surface area contributed by atoms with Crippen LogP contribution in [0.25, 0.3) is 0 Å². The average Bonchev–Trinajstić information content (AvgIpc) is 2.20. The standard InChI is InChI=1S/C14H31NO3Si/c1-13(2,3)11(12(16)17-6)15-14(4,5)10-18-19(7,8)9/h11,15H,10H2,1-9H3. The molecule has 0 aromatic heterocycles. The lowest BCUT2D eigenvalue weighted by Gasteiger charge is -2.38. The first kappa shape index (κ1) is 18.6. The van der Waals surface area contributed by atoms with E-state index in [0.29, 0.717) is 6.61 Å². The Morgan fingerprint density at radius 2 is 1.63 bits per heavy atom. The first-order valence-corrected chi connectivity index (χ1v) is 10.2. The maximum absolute atomic E-state index is 11.9. The van der Waals surface area contributed by atoms with Crippen LogP contribution in [0, 0.1) is 5.41 Å². The highest BCUT2D eigenvalue weighted by Gasteiger charge is 2.36. The molecule has 0 aliphatic carbocycles. The summed E-state index contributed by atoms with van der Waals surface area (Å²) in [5.41, 5.74) is -0.476. The molecule has 0 aromatic carbocycles. The monoisotopic (exact) mass is 289 g/mol. The molecule has 0 heterocycles. The molecule has 0 radical (unpaired) electrons. The van der Waals surface area contributed by atoms with Crippen LogP contribution >= 0.6 is 0 Å². The van der Waals surface area contributed by atoms with Crippen LogP contribution in [0.2, 0.25) is 19.6 Å². The van der Waals surface area contributed by atoms with Gasteiger partial charge in [-0.25, -0.2) is 0 Å². The molecule has 114 valence electrons. The molecule has 0 aliphatic rings. The van der Waals surface area contributed by atoms with Crippen molar-refractivity contribution < 1.29 is 14.0 Å². The fourth-order valence-electron chi connectivity index (χ4n) is 1.58. The first-order valence-electron chi connectivity index (χ1n) is 6.78. The minimum Gasteiger partial charge on any atom is -0.468 e. The second-order valence-corrected chi connectivity index (χ2v) is 12.3. The quantitative estimate of drug-likeness (QED) is 0.603. The highest BCUT2D eigenvalue weighted by Crippen LogP contribution is 2.23. The van der Waals surface area contributed by atoms with Crippen LogP contribution < -0.4 is 5.32 Å². The molecule has 5 heteroatoms. The number of esters is 1. The molecular formula is C14H31NO3Si. The van der Waals surface area contributed by atoms with E-state index in [-0.39, 0.29) is 23.0 Å². The molecule has 1 atom stereocenters. The zero-order valence-electron chi connectivity index (χ0n) is 14.0. The molecule has 1 N–H and O–H groups in total. The summed E-state index contributed by atoms with van der Waals surface area (Å²) in [7, 11) is -0.131. The van der Waals surface area contributed by atoms with Gasteiger partial charge in [0.2, 0.25) is 0 Å². The number of ether oxygens (including phenoxy) is 1. The lowest BCUT2D eigenvalue weighted by atomic mass is 9.85. The minimum absolute atomic E-state index is 0.205. The summed E-state index contributed by atoms with van der Waals surface area (Å²) in [6.45, 7) is 17.2. The predicted molar refractivity (Wildman–Crippen MR) is 81.8 cm³/mol. The van der Waals surface area contributed by atoms with Gasteiger partial charge in [0.15, 0.2) is 8.32 Å². The molecule has 0 aliphatic heterocycles. The van der Waals surface area contributed by atoms with Crippen molar-refractivity contribution in [3.05, 3.63) is 0 Å². The summed E-state index contributed by atoms with van der Waals surface area (Å²) in [4.78, 5) is 11.9. The SMILES string of the molecule is COC(=O)C(NC(C)(C)CO[Si](C)(C)C)C(C)(C)C. The van der Waals surface area contributed by atoms with Gasteiger partial charge in [-0.05, 0) is 38.9 Å². The second-order valence-electron chi connectivity index (χ2n) is 7.75. The third kappa shape index (κ3) is 7.70.